The molecule has 3 aromatic rings. The molecule has 1 aromatic heterocycles. The van der Waals surface area contributed by atoms with Crippen LogP contribution in [0.4, 0.5) is 0 Å². The van der Waals surface area contributed by atoms with Crippen molar-refractivity contribution in [3.63, 3.8) is 0 Å². The first kappa shape index (κ1) is 18.8. The summed E-state index contributed by atoms with van der Waals surface area (Å²) in [5, 5.41) is 4.01. The number of aromatic nitrogens is 1. The highest BCUT2D eigenvalue weighted by molar-refractivity contribution is 5.86. The molecule has 0 bridgehead atoms. The number of nitrogens with one attached hydrogen (secondary N) is 2. The molecule has 0 fully saturated rings. The van der Waals surface area contributed by atoms with Crippen LogP contribution in [0.25, 0.3) is 10.9 Å². The molecule has 142 valence electrons. The van der Waals surface area contributed by atoms with E-state index in [-0.39, 0.29) is 5.91 Å². The Hall–Kier alpha value is -2.99. The zero-order valence-electron chi connectivity index (χ0n) is 15.6. The van der Waals surface area contributed by atoms with Gasteiger partial charge in [0.1, 0.15) is 0 Å². The van der Waals surface area contributed by atoms with E-state index in [2.05, 4.69) is 10.3 Å². The summed E-state index contributed by atoms with van der Waals surface area (Å²) in [5.41, 5.74) is 9.25. The van der Waals surface area contributed by atoms with Crippen molar-refractivity contribution >= 4 is 16.8 Å². The van der Waals surface area contributed by atoms with Gasteiger partial charge in [0.05, 0.1) is 20.3 Å². The Bertz CT molecular complexity index is 920. The van der Waals surface area contributed by atoms with Crippen molar-refractivity contribution in [2.24, 2.45) is 5.73 Å². The van der Waals surface area contributed by atoms with Gasteiger partial charge in [-0.05, 0) is 42.2 Å². The molecule has 1 atom stereocenters. The fourth-order valence-corrected chi connectivity index (χ4v) is 3.13. The van der Waals surface area contributed by atoms with Crippen molar-refractivity contribution in [2.75, 3.05) is 20.8 Å². The number of aromatic amines is 1. The minimum Gasteiger partial charge on any atom is -0.493 e. The molecular formula is C21H25N3O3. The number of carbonyl (C=O) groups excluding carboxylic acids is 1. The van der Waals surface area contributed by atoms with Crippen molar-refractivity contribution in [1.82, 2.24) is 10.3 Å². The lowest BCUT2D eigenvalue weighted by Crippen LogP contribution is -2.42. The molecule has 0 aliphatic carbocycles. The van der Waals surface area contributed by atoms with E-state index in [1.807, 2.05) is 48.7 Å². The largest absolute Gasteiger partial charge is 0.493 e. The van der Waals surface area contributed by atoms with Gasteiger partial charge in [-0.2, -0.15) is 0 Å². The van der Waals surface area contributed by atoms with Crippen LogP contribution in [-0.4, -0.2) is 37.7 Å². The molecule has 0 aliphatic rings. The SMILES string of the molecule is COc1ccc(CCNC(=O)[C@@H](N)Cc2c[nH]c3ccccc23)cc1OC. The molecule has 2 aromatic carbocycles. The third-order valence-electron chi connectivity index (χ3n) is 4.61. The van der Waals surface area contributed by atoms with Gasteiger partial charge >= 0.3 is 0 Å². The number of hydrogen-bond acceptors (Lipinski definition) is 4. The second-order valence-corrected chi connectivity index (χ2v) is 6.40. The minimum absolute atomic E-state index is 0.152. The summed E-state index contributed by atoms with van der Waals surface area (Å²) in [7, 11) is 3.21. The number of para-hydroxylation sites is 1. The molecule has 1 heterocycles. The predicted molar refractivity (Wildman–Crippen MR) is 106 cm³/mol. The number of fused-ring (bicyclic) bond motifs is 1. The third kappa shape index (κ3) is 4.41. The summed E-state index contributed by atoms with van der Waals surface area (Å²) < 4.78 is 10.5. The van der Waals surface area contributed by atoms with Crippen molar-refractivity contribution in [1.29, 1.82) is 0 Å². The van der Waals surface area contributed by atoms with Crippen molar-refractivity contribution in [3.05, 3.63) is 59.8 Å². The van der Waals surface area contributed by atoms with Crippen LogP contribution in [0.1, 0.15) is 11.1 Å². The highest BCUT2D eigenvalue weighted by Crippen LogP contribution is 2.27. The van der Waals surface area contributed by atoms with E-state index < -0.39 is 6.04 Å². The highest BCUT2D eigenvalue weighted by Gasteiger charge is 2.16. The Kier molecular flexibility index (Phi) is 5.98. The van der Waals surface area contributed by atoms with E-state index in [0.29, 0.717) is 30.9 Å². The quantitative estimate of drug-likeness (QED) is 0.570. The highest BCUT2D eigenvalue weighted by atomic mass is 16.5. The van der Waals surface area contributed by atoms with E-state index >= 15 is 0 Å². The fourth-order valence-electron chi connectivity index (χ4n) is 3.13. The molecule has 0 unspecified atom stereocenters. The van der Waals surface area contributed by atoms with Crippen molar-refractivity contribution in [2.45, 2.75) is 18.9 Å². The molecule has 3 rings (SSSR count). The second kappa shape index (κ2) is 8.60. The first-order chi connectivity index (χ1) is 13.1. The summed E-state index contributed by atoms with van der Waals surface area (Å²) >= 11 is 0. The zero-order chi connectivity index (χ0) is 19.2. The van der Waals surface area contributed by atoms with Crippen LogP contribution in [0.3, 0.4) is 0 Å². The molecule has 4 N–H and O–H groups in total. The molecule has 0 aliphatic heterocycles. The number of nitrogens with two attached hydrogens (primary N) is 1. The number of rotatable bonds is 8. The Balaban J connectivity index is 1.53. The van der Waals surface area contributed by atoms with Gasteiger partial charge in [-0.1, -0.05) is 24.3 Å². The van der Waals surface area contributed by atoms with Crippen LogP contribution >= 0.6 is 0 Å². The number of H-pyrrole nitrogens is 1. The first-order valence-corrected chi connectivity index (χ1v) is 8.91. The Morgan fingerprint density at radius 1 is 1.15 bits per heavy atom. The first-order valence-electron chi connectivity index (χ1n) is 8.91. The fraction of sp³-hybridized carbons (Fsp3) is 0.286. The van der Waals surface area contributed by atoms with Crippen LogP contribution < -0.4 is 20.5 Å². The van der Waals surface area contributed by atoms with Gasteiger partial charge in [0.2, 0.25) is 5.91 Å². The lowest BCUT2D eigenvalue weighted by Gasteiger charge is -2.13. The normalized spacial score (nSPS) is 12.0. The molecule has 0 spiro atoms. The van der Waals surface area contributed by atoms with Crippen LogP contribution in [0.2, 0.25) is 0 Å². The van der Waals surface area contributed by atoms with E-state index in [4.69, 9.17) is 15.2 Å². The van der Waals surface area contributed by atoms with Crippen LogP contribution in [0.15, 0.2) is 48.7 Å². The number of ether oxygens (including phenoxy) is 2. The molecule has 6 heteroatoms. The van der Waals surface area contributed by atoms with E-state index in [9.17, 15) is 4.79 Å². The molecule has 6 nitrogen and oxygen atoms in total. The Morgan fingerprint density at radius 3 is 2.70 bits per heavy atom. The van der Waals surface area contributed by atoms with Gasteiger partial charge in [0, 0.05) is 23.6 Å². The van der Waals surface area contributed by atoms with E-state index in [1.165, 1.54) is 0 Å². The average Bonchev–Trinajstić information content (AvgIpc) is 3.10. The van der Waals surface area contributed by atoms with Gasteiger partial charge in [-0.3, -0.25) is 4.79 Å². The topological polar surface area (TPSA) is 89.4 Å². The molecule has 0 saturated heterocycles. The van der Waals surface area contributed by atoms with E-state index in [0.717, 1.165) is 22.0 Å². The average molecular weight is 367 g/mol. The van der Waals surface area contributed by atoms with E-state index in [1.54, 1.807) is 14.2 Å². The minimum atomic E-state index is -0.588. The lowest BCUT2D eigenvalue weighted by atomic mass is 10.0. The number of methoxy groups -OCH3 is 2. The third-order valence-corrected chi connectivity index (χ3v) is 4.61. The smallest absolute Gasteiger partial charge is 0.237 e. The van der Waals surface area contributed by atoms with Gasteiger partial charge in [0.25, 0.3) is 0 Å². The summed E-state index contributed by atoms with van der Waals surface area (Å²) in [6.07, 6.45) is 3.10. The van der Waals surface area contributed by atoms with Crippen molar-refractivity contribution in [3.8, 4) is 11.5 Å². The maximum Gasteiger partial charge on any atom is 0.237 e. The van der Waals surface area contributed by atoms with Crippen LogP contribution in [0.5, 0.6) is 11.5 Å². The monoisotopic (exact) mass is 367 g/mol. The summed E-state index contributed by atoms with van der Waals surface area (Å²) in [5.74, 6) is 1.21. The zero-order valence-corrected chi connectivity index (χ0v) is 15.6. The lowest BCUT2D eigenvalue weighted by molar-refractivity contribution is -0.122. The molecule has 27 heavy (non-hydrogen) atoms. The Labute approximate surface area is 158 Å². The number of hydrogen-bond donors (Lipinski definition) is 3. The van der Waals surface area contributed by atoms with Crippen LogP contribution in [-0.2, 0) is 17.6 Å². The molecular weight excluding hydrogens is 342 g/mol. The maximum absolute atomic E-state index is 12.3. The van der Waals surface area contributed by atoms with Crippen LogP contribution in [0, 0.1) is 0 Å². The van der Waals surface area contributed by atoms with Crippen molar-refractivity contribution < 1.29 is 14.3 Å². The van der Waals surface area contributed by atoms with Gasteiger partial charge in [-0.15, -0.1) is 0 Å². The Morgan fingerprint density at radius 2 is 1.93 bits per heavy atom. The molecule has 0 radical (unpaired) electrons. The van der Waals surface area contributed by atoms with Gasteiger partial charge in [-0.25, -0.2) is 0 Å². The molecule has 1 amide bonds. The summed E-state index contributed by atoms with van der Waals surface area (Å²) in [6.45, 7) is 0.510. The second-order valence-electron chi connectivity index (χ2n) is 6.40. The standard InChI is InChI=1S/C21H25N3O3/c1-26-19-8-7-14(11-20(19)27-2)9-10-23-21(25)17(22)12-15-13-24-18-6-4-3-5-16(15)18/h3-8,11,13,17,24H,9-10,12,22H2,1-2H3,(H,23,25)/t17-/m0/s1. The summed E-state index contributed by atoms with van der Waals surface area (Å²) in [6, 6.07) is 13.1. The van der Waals surface area contributed by atoms with Gasteiger partial charge < -0.3 is 25.5 Å². The predicted octanol–water partition coefficient (Wildman–Crippen LogP) is 2.41. The number of benzene rings is 2. The van der Waals surface area contributed by atoms with Gasteiger partial charge in [0.15, 0.2) is 11.5 Å². The summed E-state index contributed by atoms with van der Waals surface area (Å²) in [4.78, 5) is 15.5. The maximum atomic E-state index is 12.3. The molecule has 0 saturated carbocycles. The number of carbonyl (C=O) groups is 1. The number of amides is 1.